The molecule has 6 aromatic rings. The SMILES string of the molecule is [N-]=[N+]=Nc1cc2ccc3ccc4ccc5ccc1c1c5c4c3c21. The predicted molar refractivity (Wildman–Crippen MR) is 96.3 cm³/mol. The monoisotopic (exact) mass is 291 g/mol. The predicted octanol–water partition coefficient (Wildman–Crippen LogP) is 6.71. The van der Waals surface area contributed by atoms with E-state index in [4.69, 9.17) is 5.53 Å². The van der Waals surface area contributed by atoms with E-state index in [0.29, 0.717) is 5.69 Å². The number of azide groups is 1. The molecule has 6 rings (SSSR count). The van der Waals surface area contributed by atoms with Gasteiger partial charge in [0.1, 0.15) is 0 Å². The van der Waals surface area contributed by atoms with Gasteiger partial charge >= 0.3 is 0 Å². The molecule has 0 atom stereocenters. The first-order valence-electron chi connectivity index (χ1n) is 7.59. The number of hydrogen-bond donors (Lipinski definition) is 0. The van der Waals surface area contributed by atoms with Crippen molar-refractivity contribution in [2.45, 2.75) is 0 Å². The van der Waals surface area contributed by atoms with Gasteiger partial charge in [0.15, 0.2) is 0 Å². The zero-order valence-corrected chi connectivity index (χ0v) is 12.0. The third kappa shape index (κ3) is 1.14. The summed E-state index contributed by atoms with van der Waals surface area (Å²) in [6.45, 7) is 0. The zero-order valence-electron chi connectivity index (χ0n) is 12.0. The maximum Gasteiger partial charge on any atom is 0.0460 e. The van der Waals surface area contributed by atoms with Gasteiger partial charge in [-0.3, -0.25) is 0 Å². The summed E-state index contributed by atoms with van der Waals surface area (Å²) >= 11 is 0. The highest BCUT2D eigenvalue weighted by molar-refractivity contribution is 6.45. The van der Waals surface area contributed by atoms with Crippen LogP contribution in [0.2, 0.25) is 0 Å². The lowest BCUT2D eigenvalue weighted by molar-refractivity contribution is 1.53. The van der Waals surface area contributed by atoms with E-state index in [2.05, 4.69) is 58.6 Å². The fourth-order valence-corrected chi connectivity index (χ4v) is 4.28. The van der Waals surface area contributed by atoms with E-state index in [1.807, 2.05) is 6.07 Å². The second-order valence-corrected chi connectivity index (χ2v) is 6.16. The van der Waals surface area contributed by atoms with Crippen molar-refractivity contribution in [2.24, 2.45) is 5.11 Å². The summed E-state index contributed by atoms with van der Waals surface area (Å²) in [6, 6.07) is 19.3. The number of hydrogen-bond acceptors (Lipinski definition) is 1. The molecule has 23 heavy (non-hydrogen) atoms. The molecule has 0 spiro atoms. The number of nitrogens with zero attached hydrogens (tertiary/aromatic N) is 3. The molecule has 0 aliphatic rings. The third-order valence-electron chi connectivity index (χ3n) is 5.15. The molecule has 0 unspecified atom stereocenters. The van der Waals surface area contributed by atoms with Crippen LogP contribution in [0.1, 0.15) is 0 Å². The molecular formula is C20H9N3. The molecule has 0 heterocycles. The van der Waals surface area contributed by atoms with Crippen LogP contribution in [0.4, 0.5) is 5.69 Å². The first-order chi connectivity index (χ1) is 11.4. The summed E-state index contributed by atoms with van der Waals surface area (Å²) in [4.78, 5) is 3.02. The smallest absolute Gasteiger partial charge is 0.0460 e. The van der Waals surface area contributed by atoms with Gasteiger partial charge in [0.25, 0.3) is 0 Å². The van der Waals surface area contributed by atoms with Crippen LogP contribution < -0.4 is 0 Å². The van der Waals surface area contributed by atoms with Gasteiger partial charge in [-0.1, -0.05) is 53.6 Å². The van der Waals surface area contributed by atoms with Crippen molar-refractivity contribution >= 4 is 59.5 Å². The van der Waals surface area contributed by atoms with Gasteiger partial charge in [-0.25, -0.2) is 0 Å². The van der Waals surface area contributed by atoms with Crippen molar-refractivity contribution in [1.29, 1.82) is 0 Å². The molecule has 3 nitrogen and oxygen atoms in total. The highest BCUT2D eigenvalue weighted by Crippen LogP contribution is 2.49. The third-order valence-corrected chi connectivity index (χ3v) is 5.15. The Morgan fingerprint density at radius 2 is 1.09 bits per heavy atom. The molecule has 0 saturated carbocycles. The van der Waals surface area contributed by atoms with Gasteiger partial charge in [-0.2, -0.15) is 0 Å². The van der Waals surface area contributed by atoms with Gasteiger partial charge < -0.3 is 0 Å². The Hall–Kier alpha value is -3.29. The second kappa shape index (κ2) is 3.54. The van der Waals surface area contributed by atoms with Crippen LogP contribution in [-0.2, 0) is 0 Å². The van der Waals surface area contributed by atoms with Crippen LogP contribution in [0.25, 0.3) is 64.3 Å². The van der Waals surface area contributed by atoms with Crippen LogP contribution in [0.3, 0.4) is 0 Å². The lowest BCUT2D eigenvalue weighted by Crippen LogP contribution is -1.78. The minimum atomic E-state index is 0.709. The summed E-state index contributed by atoms with van der Waals surface area (Å²) in [5.74, 6) is 0. The Morgan fingerprint density at radius 1 is 0.609 bits per heavy atom. The summed E-state index contributed by atoms with van der Waals surface area (Å²) in [5.41, 5.74) is 9.63. The Balaban J connectivity index is 2.15. The summed E-state index contributed by atoms with van der Waals surface area (Å²) < 4.78 is 0. The van der Waals surface area contributed by atoms with E-state index in [0.717, 1.165) is 10.8 Å². The molecular weight excluding hydrogens is 282 g/mol. The fraction of sp³-hybridized carbons (Fsp3) is 0. The molecule has 0 aliphatic heterocycles. The molecule has 0 aliphatic carbocycles. The average Bonchev–Trinajstić information content (AvgIpc) is 2.95. The van der Waals surface area contributed by atoms with Crippen molar-refractivity contribution in [1.82, 2.24) is 0 Å². The normalized spacial score (nSPS) is 12.3. The van der Waals surface area contributed by atoms with Crippen LogP contribution in [0.15, 0.2) is 59.7 Å². The molecule has 104 valence electrons. The molecule has 0 saturated heterocycles. The number of rotatable bonds is 1. The topological polar surface area (TPSA) is 48.8 Å². The Labute approximate surface area is 130 Å². The minimum absolute atomic E-state index is 0.709. The highest BCUT2D eigenvalue weighted by Gasteiger charge is 2.20. The van der Waals surface area contributed by atoms with Gasteiger partial charge in [0, 0.05) is 10.6 Å². The summed E-state index contributed by atoms with van der Waals surface area (Å²) in [5, 5.41) is 16.4. The zero-order chi connectivity index (χ0) is 15.1. The first-order valence-corrected chi connectivity index (χ1v) is 7.59. The maximum absolute atomic E-state index is 8.92. The Morgan fingerprint density at radius 3 is 1.70 bits per heavy atom. The highest BCUT2D eigenvalue weighted by atomic mass is 15.1. The largest absolute Gasteiger partial charge is 0.0601 e. The molecule has 0 amide bonds. The maximum atomic E-state index is 8.92. The Bertz CT molecular complexity index is 1370. The van der Waals surface area contributed by atoms with E-state index < -0.39 is 0 Å². The fourth-order valence-electron chi connectivity index (χ4n) is 4.28. The van der Waals surface area contributed by atoms with Crippen LogP contribution >= 0.6 is 0 Å². The van der Waals surface area contributed by atoms with Crippen molar-refractivity contribution in [3.05, 3.63) is 65.0 Å². The van der Waals surface area contributed by atoms with Crippen molar-refractivity contribution in [3.63, 3.8) is 0 Å². The molecule has 0 radical (unpaired) electrons. The second-order valence-electron chi connectivity index (χ2n) is 6.16. The van der Waals surface area contributed by atoms with Crippen LogP contribution in [-0.4, -0.2) is 0 Å². The lowest BCUT2D eigenvalue weighted by atomic mass is 9.98. The van der Waals surface area contributed by atoms with E-state index >= 15 is 0 Å². The van der Waals surface area contributed by atoms with Gasteiger partial charge in [0.05, 0.1) is 0 Å². The average molecular weight is 291 g/mol. The van der Waals surface area contributed by atoms with E-state index in [1.54, 1.807) is 0 Å². The quantitative estimate of drug-likeness (QED) is 0.140. The van der Waals surface area contributed by atoms with Crippen molar-refractivity contribution < 1.29 is 0 Å². The van der Waals surface area contributed by atoms with Crippen LogP contribution in [0, 0.1) is 0 Å². The molecule has 0 aromatic heterocycles. The Kier molecular flexibility index (Phi) is 1.74. The van der Waals surface area contributed by atoms with E-state index in [-0.39, 0.29) is 0 Å². The minimum Gasteiger partial charge on any atom is -0.0601 e. The molecule has 0 bridgehead atoms. The van der Waals surface area contributed by atoms with E-state index in [9.17, 15) is 0 Å². The lowest BCUT2D eigenvalue weighted by Gasteiger charge is -2.07. The van der Waals surface area contributed by atoms with E-state index in [1.165, 1.54) is 43.1 Å². The van der Waals surface area contributed by atoms with Gasteiger partial charge in [0.2, 0.25) is 0 Å². The van der Waals surface area contributed by atoms with Gasteiger partial charge in [-0.05, 0) is 65.5 Å². The molecule has 0 fully saturated rings. The summed E-state index contributed by atoms with van der Waals surface area (Å²) in [6.07, 6.45) is 0. The molecule has 6 aromatic carbocycles. The first kappa shape index (κ1) is 11.3. The molecule has 0 N–H and O–H groups in total. The van der Waals surface area contributed by atoms with Crippen molar-refractivity contribution in [2.75, 3.05) is 0 Å². The number of benzene rings is 5. The van der Waals surface area contributed by atoms with Gasteiger partial charge in [-0.15, -0.1) is 0 Å². The van der Waals surface area contributed by atoms with Crippen molar-refractivity contribution in [3.8, 4) is 0 Å². The molecule has 3 heteroatoms. The standard InChI is InChI=1S/C20H9N3/c21-23-22-15-9-13-6-5-11-2-1-10-3-4-12-7-8-14(15)20-18(12)16(10)17(11)19(13)20/h1-9H. The summed E-state index contributed by atoms with van der Waals surface area (Å²) in [7, 11) is 0. The van der Waals surface area contributed by atoms with Crippen LogP contribution in [0.5, 0.6) is 0 Å².